The Kier molecular flexibility index (Phi) is 5.29. The second-order valence-corrected chi connectivity index (χ2v) is 3.75. The van der Waals surface area contributed by atoms with Gasteiger partial charge in [-0.25, -0.2) is 4.79 Å². The Balaban J connectivity index is 2.34. The molecule has 0 heterocycles. The summed E-state index contributed by atoms with van der Waals surface area (Å²) in [4.78, 5) is 11.4. The van der Waals surface area contributed by atoms with Crippen molar-refractivity contribution in [3.63, 3.8) is 0 Å². The van der Waals surface area contributed by atoms with Crippen LogP contribution in [-0.4, -0.2) is 30.9 Å². The third-order valence-electron chi connectivity index (χ3n) is 2.20. The van der Waals surface area contributed by atoms with Crippen molar-refractivity contribution in [3.05, 3.63) is 24.3 Å². The van der Waals surface area contributed by atoms with Gasteiger partial charge >= 0.3 is 6.03 Å². The van der Waals surface area contributed by atoms with Crippen molar-refractivity contribution < 1.29 is 14.6 Å². The smallest absolute Gasteiger partial charge is 0.319 e. The van der Waals surface area contributed by atoms with Gasteiger partial charge < -0.3 is 20.5 Å². The molecular formula is C12H18N2O3. The van der Waals surface area contributed by atoms with Crippen molar-refractivity contribution in [3.8, 4) is 5.75 Å². The standard InChI is InChI=1S/C12H18N2O3/c1-9(15)7-8-13-12(16)14-10-3-5-11(17-2)6-4-10/h3-6,9,15H,7-8H2,1-2H3,(H2,13,14,16). The molecule has 0 spiro atoms. The molecule has 1 aromatic carbocycles. The summed E-state index contributed by atoms with van der Waals surface area (Å²) in [5.41, 5.74) is 0.695. The average molecular weight is 238 g/mol. The number of methoxy groups -OCH3 is 1. The van der Waals surface area contributed by atoms with E-state index in [0.717, 1.165) is 5.75 Å². The third-order valence-corrected chi connectivity index (χ3v) is 2.20. The van der Waals surface area contributed by atoms with Gasteiger partial charge in [0.15, 0.2) is 0 Å². The van der Waals surface area contributed by atoms with E-state index in [4.69, 9.17) is 9.84 Å². The maximum absolute atomic E-state index is 11.4. The number of hydrogen-bond acceptors (Lipinski definition) is 3. The fraction of sp³-hybridized carbons (Fsp3) is 0.417. The Bertz CT molecular complexity index is 349. The number of amides is 2. The summed E-state index contributed by atoms with van der Waals surface area (Å²) in [6.07, 6.45) is 0.132. The molecule has 0 bridgehead atoms. The number of nitrogens with one attached hydrogen (secondary N) is 2. The molecule has 0 aromatic heterocycles. The quantitative estimate of drug-likeness (QED) is 0.729. The molecule has 1 aromatic rings. The monoisotopic (exact) mass is 238 g/mol. The van der Waals surface area contributed by atoms with E-state index in [1.54, 1.807) is 38.3 Å². The number of rotatable bonds is 5. The van der Waals surface area contributed by atoms with E-state index >= 15 is 0 Å². The van der Waals surface area contributed by atoms with E-state index in [2.05, 4.69) is 10.6 Å². The van der Waals surface area contributed by atoms with Crippen LogP contribution in [0.4, 0.5) is 10.5 Å². The molecule has 5 heteroatoms. The zero-order chi connectivity index (χ0) is 12.7. The highest BCUT2D eigenvalue weighted by Gasteiger charge is 2.02. The summed E-state index contributed by atoms with van der Waals surface area (Å²) < 4.78 is 5.01. The van der Waals surface area contributed by atoms with Crippen molar-refractivity contribution in [1.82, 2.24) is 5.32 Å². The Labute approximate surface area is 101 Å². The van der Waals surface area contributed by atoms with Crippen molar-refractivity contribution >= 4 is 11.7 Å². The fourth-order valence-corrected chi connectivity index (χ4v) is 1.24. The van der Waals surface area contributed by atoms with E-state index in [9.17, 15) is 4.79 Å². The van der Waals surface area contributed by atoms with E-state index < -0.39 is 6.10 Å². The van der Waals surface area contributed by atoms with Gasteiger partial charge in [0.25, 0.3) is 0 Å². The molecule has 0 saturated carbocycles. The van der Waals surface area contributed by atoms with E-state index in [0.29, 0.717) is 18.7 Å². The average Bonchev–Trinajstić information content (AvgIpc) is 2.29. The van der Waals surface area contributed by atoms with Crippen LogP contribution in [0.25, 0.3) is 0 Å². The molecule has 2 amide bonds. The largest absolute Gasteiger partial charge is 0.497 e. The summed E-state index contributed by atoms with van der Waals surface area (Å²) in [7, 11) is 1.59. The number of aliphatic hydroxyl groups is 1. The minimum atomic E-state index is -0.406. The molecule has 5 nitrogen and oxygen atoms in total. The third kappa shape index (κ3) is 5.21. The van der Waals surface area contributed by atoms with Gasteiger partial charge in [-0.15, -0.1) is 0 Å². The van der Waals surface area contributed by atoms with Crippen molar-refractivity contribution in [1.29, 1.82) is 0 Å². The topological polar surface area (TPSA) is 70.6 Å². The van der Waals surface area contributed by atoms with Gasteiger partial charge in [0.1, 0.15) is 5.75 Å². The highest BCUT2D eigenvalue weighted by molar-refractivity contribution is 5.89. The van der Waals surface area contributed by atoms with E-state index in [-0.39, 0.29) is 6.03 Å². The van der Waals surface area contributed by atoms with Crippen LogP contribution in [0.15, 0.2) is 24.3 Å². The van der Waals surface area contributed by atoms with E-state index in [1.165, 1.54) is 0 Å². The van der Waals surface area contributed by atoms with Gasteiger partial charge in [-0.05, 0) is 37.6 Å². The van der Waals surface area contributed by atoms with Crippen LogP contribution in [0.1, 0.15) is 13.3 Å². The first-order chi connectivity index (χ1) is 8.11. The van der Waals surface area contributed by atoms with Gasteiger partial charge in [0.05, 0.1) is 13.2 Å². The molecule has 0 radical (unpaired) electrons. The second kappa shape index (κ2) is 6.75. The van der Waals surface area contributed by atoms with Gasteiger partial charge in [-0.2, -0.15) is 0 Å². The number of aliphatic hydroxyl groups excluding tert-OH is 1. The number of urea groups is 1. The molecule has 0 aliphatic heterocycles. The molecule has 1 rings (SSSR count). The van der Waals surface area contributed by atoms with Crippen LogP contribution in [0, 0.1) is 0 Å². The first-order valence-electron chi connectivity index (χ1n) is 5.49. The van der Waals surface area contributed by atoms with Crippen molar-refractivity contribution in [2.75, 3.05) is 19.0 Å². The van der Waals surface area contributed by atoms with Crippen LogP contribution in [-0.2, 0) is 0 Å². The van der Waals surface area contributed by atoms with Crippen LogP contribution < -0.4 is 15.4 Å². The predicted octanol–water partition coefficient (Wildman–Crippen LogP) is 1.59. The zero-order valence-electron chi connectivity index (χ0n) is 10.1. The molecule has 0 fully saturated rings. The Morgan fingerprint density at radius 2 is 2.06 bits per heavy atom. The molecule has 94 valence electrons. The highest BCUT2D eigenvalue weighted by Crippen LogP contribution is 2.14. The number of carbonyl (C=O) groups excluding carboxylic acids is 1. The summed E-state index contributed by atoms with van der Waals surface area (Å²) in [5.74, 6) is 0.741. The number of ether oxygens (including phenoxy) is 1. The summed E-state index contributed by atoms with van der Waals surface area (Å²) in [6.45, 7) is 2.13. The van der Waals surface area contributed by atoms with Crippen molar-refractivity contribution in [2.45, 2.75) is 19.4 Å². The fourth-order valence-electron chi connectivity index (χ4n) is 1.24. The SMILES string of the molecule is COc1ccc(NC(=O)NCCC(C)O)cc1. The van der Waals surface area contributed by atoms with Crippen LogP contribution in [0.5, 0.6) is 5.75 Å². The number of carbonyl (C=O) groups is 1. The normalized spacial score (nSPS) is 11.7. The predicted molar refractivity (Wildman–Crippen MR) is 66.3 cm³/mol. The number of benzene rings is 1. The molecule has 1 atom stereocenters. The lowest BCUT2D eigenvalue weighted by atomic mass is 10.3. The first-order valence-corrected chi connectivity index (χ1v) is 5.49. The summed E-state index contributed by atoms with van der Waals surface area (Å²) >= 11 is 0. The molecule has 1 unspecified atom stereocenters. The lowest BCUT2D eigenvalue weighted by molar-refractivity contribution is 0.184. The number of hydrogen-bond donors (Lipinski definition) is 3. The lowest BCUT2D eigenvalue weighted by Crippen LogP contribution is -2.30. The molecule has 3 N–H and O–H groups in total. The minimum absolute atomic E-state index is 0.282. The summed E-state index contributed by atoms with van der Waals surface area (Å²) in [5, 5.41) is 14.4. The molecular weight excluding hydrogens is 220 g/mol. The molecule has 17 heavy (non-hydrogen) atoms. The maximum Gasteiger partial charge on any atom is 0.319 e. The highest BCUT2D eigenvalue weighted by atomic mass is 16.5. The van der Waals surface area contributed by atoms with Gasteiger partial charge in [-0.3, -0.25) is 0 Å². The van der Waals surface area contributed by atoms with Gasteiger partial charge in [0, 0.05) is 12.2 Å². The van der Waals surface area contributed by atoms with Crippen LogP contribution in [0.2, 0.25) is 0 Å². The molecule has 0 saturated heterocycles. The zero-order valence-corrected chi connectivity index (χ0v) is 10.1. The minimum Gasteiger partial charge on any atom is -0.497 e. The Morgan fingerprint density at radius 1 is 1.41 bits per heavy atom. The van der Waals surface area contributed by atoms with Crippen LogP contribution in [0.3, 0.4) is 0 Å². The Hall–Kier alpha value is -1.75. The summed E-state index contributed by atoms with van der Waals surface area (Å²) in [6, 6.07) is 6.77. The Morgan fingerprint density at radius 3 is 2.59 bits per heavy atom. The van der Waals surface area contributed by atoms with Crippen molar-refractivity contribution in [2.24, 2.45) is 0 Å². The molecule has 0 aliphatic rings. The first kappa shape index (κ1) is 13.3. The lowest BCUT2D eigenvalue weighted by Gasteiger charge is -2.09. The molecule has 0 aliphatic carbocycles. The van der Waals surface area contributed by atoms with E-state index in [1.807, 2.05) is 0 Å². The number of anilines is 1. The second-order valence-electron chi connectivity index (χ2n) is 3.75. The maximum atomic E-state index is 11.4. The van der Waals surface area contributed by atoms with Crippen LogP contribution >= 0.6 is 0 Å². The van der Waals surface area contributed by atoms with Gasteiger partial charge in [-0.1, -0.05) is 0 Å². The van der Waals surface area contributed by atoms with Gasteiger partial charge in [0.2, 0.25) is 0 Å².